The molecule has 8 heteroatoms. The highest BCUT2D eigenvalue weighted by atomic mass is 35.5. The Balaban J connectivity index is 2.48. The maximum Gasteiger partial charge on any atom is 0.322 e. The molecule has 0 fully saturated rings. The Bertz CT molecular complexity index is 666. The minimum absolute atomic E-state index is 0.0889. The minimum atomic E-state index is -0.471. The van der Waals surface area contributed by atoms with Gasteiger partial charge in [-0.1, -0.05) is 29.4 Å². The molecule has 0 saturated carbocycles. The summed E-state index contributed by atoms with van der Waals surface area (Å²) in [6.45, 7) is 1.59. The Hall–Kier alpha value is -1.86. The summed E-state index contributed by atoms with van der Waals surface area (Å²) in [6, 6.07) is 7.07. The number of halogens is 1. The van der Waals surface area contributed by atoms with Crippen molar-refractivity contribution in [2.45, 2.75) is 16.8 Å². The third-order valence-corrected chi connectivity index (χ3v) is 3.65. The zero-order valence-electron chi connectivity index (χ0n) is 10.8. The molecule has 0 bridgehead atoms. The van der Waals surface area contributed by atoms with Gasteiger partial charge in [-0.3, -0.25) is 10.1 Å². The lowest BCUT2D eigenvalue weighted by atomic mass is 10.4. The second-order valence-corrected chi connectivity index (χ2v) is 5.35. The molecular formula is C12H11ClN4O2S. The molecule has 0 radical (unpaired) electrons. The van der Waals surface area contributed by atoms with Gasteiger partial charge in [0.25, 0.3) is 0 Å². The molecule has 0 aliphatic heterocycles. The standard InChI is InChI=1S/C12H11ClN4O2S/c1-7-10(17(18)19)11(16-12(14-2)15-7)20-9-5-3-4-8(13)6-9/h3-6H,1-2H3,(H,14,15,16). The van der Waals surface area contributed by atoms with Gasteiger partial charge in [-0.2, -0.15) is 4.98 Å². The number of nitrogens with zero attached hydrogens (tertiary/aromatic N) is 3. The van der Waals surface area contributed by atoms with E-state index in [4.69, 9.17) is 11.6 Å². The smallest absolute Gasteiger partial charge is 0.322 e. The van der Waals surface area contributed by atoms with Gasteiger partial charge in [0.2, 0.25) is 5.95 Å². The molecule has 1 aromatic heterocycles. The number of nitrogens with one attached hydrogen (secondary N) is 1. The summed E-state index contributed by atoms with van der Waals surface area (Å²) >= 11 is 7.09. The Morgan fingerprint density at radius 1 is 1.40 bits per heavy atom. The predicted molar refractivity (Wildman–Crippen MR) is 78.5 cm³/mol. The predicted octanol–water partition coefficient (Wildman–Crippen LogP) is 3.54. The summed E-state index contributed by atoms with van der Waals surface area (Å²) in [4.78, 5) is 19.7. The van der Waals surface area contributed by atoms with Crippen molar-refractivity contribution in [3.05, 3.63) is 45.1 Å². The quantitative estimate of drug-likeness (QED) is 0.528. The molecule has 0 atom stereocenters. The number of aromatic nitrogens is 2. The van der Waals surface area contributed by atoms with Crippen molar-refractivity contribution >= 4 is 35.0 Å². The SMILES string of the molecule is CNc1nc(C)c([N+](=O)[O-])c(Sc2cccc(Cl)c2)n1. The molecule has 0 aliphatic rings. The van der Waals surface area contributed by atoms with Gasteiger partial charge >= 0.3 is 5.69 Å². The molecule has 1 aromatic carbocycles. The van der Waals surface area contributed by atoms with Crippen LogP contribution in [0.4, 0.5) is 11.6 Å². The summed E-state index contributed by atoms with van der Waals surface area (Å²) in [6.07, 6.45) is 0. The van der Waals surface area contributed by atoms with Crippen molar-refractivity contribution in [2.75, 3.05) is 12.4 Å². The van der Waals surface area contributed by atoms with Crippen LogP contribution in [-0.4, -0.2) is 21.9 Å². The first-order valence-corrected chi connectivity index (χ1v) is 6.85. The maximum absolute atomic E-state index is 11.2. The van der Waals surface area contributed by atoms with Crippen LogP contribution in [0.5, 0.6) is 0 Å². The number of hydrogen-bond acceptors (Lipinski definition) is 6. The van der Waals surface area contributed by atoms with E-state index in [2.05, 4.69) is 15.3 Å². The second-order valence-electron chi connectivity index (χ2n) is 3.85. The monoisotopic (exact) mass is 310 g/mol. The van der Waals surface area contributed by atoms with Gasteiger partial charge in [-0.15, -0.1) is 0 Å². The Morgan fingerprint density at radius 3 is 2.75 bits per heavy atom. The molecule has 6 nitrogen and oxygen atoms in total. The van der Waals surface area contributed by atoms with Gasteiger partial charge in [-0.25, -0.2) is 4.98 Å². The van der Waals surface area contributed by atoms with E-state index in [1.807, 2.05) is 6.07 Å². The van der Waals surface area contributed by atoms with E-state index in [9.17, 15) is 10.1 Å². The largest absolute Gasteiger partial charge is 0.357 e. The molecule has 0 aliphatic carbocycles. The van der Waals surface area contributed by atoms with Crippen LogP contribution < -0.4 is 5.32 Å². The zero-order chi connectivity index (χ0) is 14.7. The van der Waals surface area contributed by atoms with E-state index in [1.165, 1.54) is 11.8 Å². The number of hydrogen-bond donors (Lipinski definition) is 1. The van der Waals surface area contributed by atoms with Crippen LogP contribution in [0.1, 0.15) is 5.69 Å². The average molecular weight is 311 g/mol. The maximum atomic E-state index is 11.2. The second kappa shape index (κ2) is 6.06. The minimum Gasteiger partial charge on any atom is -0.357 e. The Labute approximate surface area is 124 Å². The third kappa shape index (κ3) is 3.17. The molecule has 2 aromatic rings. The summed E-state index contributed by atoms with van der Waals surface area (Å²) in [7, 11) is 1.66. The highest BCUT2D eigenvalue weighted by Gasteiger charge is 2.22. The molecule has 104 valence electrons. The van der Waals surface area contributed by atoms with Crippen LogP contribution in [0.3, 0.4) is 0 Å². The Morgan fingerprint density at radius 2 is 2.15 bits per heavy atom. The molecule has 0 amide bonds. The van der Waals surface area contributed by atoms with Gasteiger partial charge < -0.3 is 5.32 Å². The molecule has 1 heterocycles. The van der Waals surface area contributed by atoms with E-state index in [0.29, 0.717) is 16.7 Å². The van der Waals surface area contributed by atoms with Crippen LogP contribution in [0.2, 0.25) is 5.02 Å². The van der Waals surface area contributed by atoms with E-state index in [1.54, 1.807) is 32.2 Å². The number of nitro groups is 1. The highest BCUT2D eigenvalue weighted by Crippen LogP contribution is 2.36. The zero-order valence-corrected chi connectivity index (χ0v) is 12.3. The number of aryl methyl sites for hydroxylation is 1. The van der Waals surface area contributed by atoms with Crippen LogP contribution >= 0.6 is 23.4 Å². The lowest BCUT2D eigenvalue weighted by Gasteiger charge is -2.07. The van der Waals surface area contributed by atoms with Crippen molar-refractivity contribution in [3.8, 4) is 0 Å². The van der Waals surface area contributed by atoms with Crippen molar-refractivity contribution in [2.24, 2.45) is 0 Å². The van der Waals surface area contributed by atoms with Crippen LogP contribution in [0.15, 0.2) is 34.2 Å². The molecule has 2 rings (SSSR count). The van der Waals surface area contributed by atoms with Crippen molar-refractivity contribution < 1.29 is 4.92 Å². The van der Waals surface area contributed by atoms with E-state index >= 15 is 0 Å². The molecular weight excluding hydrogens is 300 g/mol. The molecule has 0 spiro atoms. The van der Waals surface area contributed by atoms with Crippen LogP contribution in [0.25, 0.3) is 0 Å². The molecule has 0 unspecified atom stereocenters. The summed E-state index contributed by atoms with van der Waals surface area (Å²) in [5, 5.41) is 14.8. The Kier molecular flexibility index (Phi) is 4.41. The summed E-state index contributed by atoms with van der Waals surface area (Å²) < 4.78 is 0. The van der Waals surface area contributed by atoms with Gasteiger partial charge in [-0.05, 0) is 25.1 Å². The average Bonchev–Trinajstić information content (AvgIpc) is 2.37. The first-order valence-electron chi connectivity index (χ1n) is 5.65. The van der Waals surface area contributed by atoms with Gasteiger partial charge in [0.1, 0.15) is 5.69 Å². The van der Waals surface area contributed by atoms with Crippen molar-refractivity contribution in [1.29, 1.82) is 0 Å². The summed E-state index contributed by atoms with van der Waals surface area (Å²) in [5.41, 5.74) is 0.229. The number of benzene rings is 1. The van der Waals surface area contributed by atoms with Crippen LogP contribution in [-0.2, 0) is 0 Å². The third-order valence-electron chi connectivity index (χ3n) is 2.44. The lowest BCUT2D eigenvalue weighted by molar-refractivity contribution is -0.389. The summed E-state index contributed by atoms with van der Waals surface area (Å²) in [5.74, 6) is 0.345. The topological polar surface area (TPSA) is 81.0 Å². The fraction of sp³-hybridized carbons (Fsp3) is 0.167. The molecule has 0 saturated heterocycles. The van der Waals surface area contributed by atoms with E-state index in [0.717, 1.165) is 4.90 Å². The first kappa shape index (κ1) is 14.5. The number of anilines is 1. The van der Waals surface area contributed by atoms with E-state index in [-0.39, 0.29) is 10.7 Å². The number of rotatable bonds is 4. The fourth-order valence-corrected chi connectivity index (χ4v) is 2.84. The van der Waals surface area contributed by atoms with Gasteiger partial charge in [0, 0.05) is 17.0 Å². The van der Waals surface area contributed by atoms with Gasteiger partial charge in [0.05, 0.1) is 4.92 Å². The highest BCUT2D eigenvalue weighted by molar-refractivity contribution is 7.99. The van der Waals surface area contributed by atoms with Crippen molar-refractivity contribution in [3.63, 3.8) is 0 Å². The molecule has 1 N–H and O–H groups in total. The van der Waals surface area contributed by atoms with E-state index < -0.39 is 4.92 Å². The first-order chi connectivity index (χ1) is 9.51. The normalized spacial score (nSPS) is 10.3. The van der Waals surface area contributed by atoms with Crippen LogP contribution in [0, 0.1) is 17.0 Å². The lowest BCUT2D eigenvalue weighted by Crippen LogP contribution is -2.04. The van der Waals surface area contributed by atoms with Crippen molar-refractivity contribution in [1.82, 2.24) is 9.97 Å². The fourth-order valence-electron chi connectivity index (χ4n) is 1.58. The molecule has 20 heavy (non-hydrogen) atoms. The van der Waals surface area contributed by atoms with Gasteiger partial charge in [0.15, 0.2) is 5.03 Å².